The van der Waals surface area contributed by atoms with Gasteiger partial charge in [-0.25, -0.2) is 4.39 Å². The van der Waals surface area contributed by atoms with Gasteiger partial charge in [0.05, 0.1) is 6.17 Å². The number of ketones is 1. The van der Waals surface area contributed by atoms with Gasteiger partial charge < -0.3 is 0 Å². The smallest absolute Gasteiger partial charge is 0.159 e. The molecule has 0 aromatic carbocycles. The van der Waals surface area contributed by atoms with Gasteiger partial charge in [0.15, 0.2) is 5.78 Å². The van der Waals surface area contributed by atoms with Crippen molar-refractivity contribution in [3.8, 4) is 0 Å². The molecule has 92 valence electrons. The predicted octanol–water partition coefficient (Wildman–Crippen LogP) is 4.39. The van der Waals surface area contributed by atoms with E-state index in [0.717, 1.165) is 24.0 Å². The zero-order valence-electron chi connectivity index (χ0n) is 10.8. The van der Waals surface area contributed by atoms with Gasteiger partial charge in [-0.15, -0.1) is 0 Å². The Labute approximate surface area is 98.4 Å². The van der Waals surface area contributed by atoms with E-state index in [1.807, 2.05) is 26.0 Å². The van der Waals surface area contributed by atoms with Crippen molar-refractivity contribution in [1.29, 1.82) is 0 Å². The van der Waals surface area contributed by atoms with Crippen LogP contribution in [0.3, 0.4) is 0 Å². The monoisotopic (exact) mass is 226 g/mol. The van der Waals surface area contributed by atoms with Crippen LogP contribution in [-0.4, -0.2) is 12.0 Å². The molecule has 0 aliphatic carbocycles. The van der Waals surface area contributed by atoms with Crippen LogP contribution < -0.4 is 0 Å². The van der Waals surface area contributed by atoms with Crippen LogP contribution in [0, 0.1) is 0 Å². The molecule has 0 heterocycles. The average Bonchev–Trinajstić information content (AvgIpc) is 2.21. The van der Waals surface area contributed by atoms with Crippen molar-refractivity contribution >= 4 is 5.78 Å². The Morgan fingerprint density at radius 3 is 2.31 bits per heavy atom. The Balaban J connectivity index is 4.67. The lowest BCUT2D eigenvalue weighted by Gasteiger charge is -2.07. The van der Waals surface area contributed by atoms with Crippen LogP contribution >= 0.6 is 0 Å². The first kappa shape index (κ1) is 15.1. The van der Waals surface area contributed by atoms with Crippen molar-refractivity contribution in [2.24, 2.45) is 0 Å². The van der Waals surface area contributed by atoms with E-state index in [2.05, 4.69) is 0 Å². The minimum atomic E-state index is -0.773. The third kappa shape index (κ3) is 5.84. The molecule has 0 aromatic rings. The van der Waals surface area contributed by atoms with Gasteiger partial charge in [0.2, 0.25) is 0 Å². The molecular weight excluding hydrogens is 203 g/mol. The Kier molecular flexibility index (Phi) is 7.78. The second-order valence-corrected chi connectivity index (χ2v) is 4.02. The van der Waals surface area contributed by atoms with Crippen LogP contribution in [0.1, 0.15) is 53.4 Å². The highest BCUT2D eigenvalue weighted by Gasteiger charge is 2.07. The average molecular weight is 226 g/mol. The van der Waals surface area contributed by atoms with E-state index in [9.17, 15) is 9.18 Å². The van der Waals surface area contributed by atoms with Gasteiger partial charge in [0, 0.05) is 5.57 Å². The lowest BCUT2D eigenvalue weighted by Crippen LogP contribution is -2.01. The number of halogens is 1. The summed E-state index contributed by atoms with van der Waals surface area (Å²) in [6.07, 6.45) is 6.09. The molecule has 0 fully saturated rings. The van der Waals surface area contributed by atoms with Gasteiger partial charge in [0.25, 0.3) is 0 Å². The van der Waals surface area contributed by atoms with Crippen LogP contribution in [0.15, 0.2) is 23.3 Å². The van der Waals surface area contributed by atoms with Crippen molar-refractivity contribution in [1.82, 2.24) is 0 Å². The summed E-state index contributed by atoms with van der Waals surface area (Å²) in [6, 6.07) is 0. The summed E-state index contributed by atoms with van der Waals surface area (Å²) in [5.41, 5.74) is 1.85. The summed E-state index contributed by atoms with van der Waals surface area (Å²) in [7, 11) is 0. The number of carbonyl (C=O) groups excluding carboxylic acids is 1. The van der Waals surface area contributed by atoms with E-state index in [4.69, 9.17) is 0 Å². The number of rotatable bonds is 7. The molecule has 0 saturated heterocycles. The minimum absolute atomic E-state index is 0.100. The van der Waals surface area contributed by atoms with Crippen molar-refractivity contribution in [2.75, 3.05) is 0 Å². The Morgan fingerprint density at radius 2 is 1.94 bits per heavy atom. The van der Waals surface area contributed by atoms with E-state index in [1.165, 1.54) is 0 Å². The first-order valence-corrected chi connectivity index (χ1v) is 6.07. The number of alkyl halides is 1. The summed E-state index contributed by atoms with van der Waals surface area (Å²) in [6.45, 7) is 7.19. The molecule has 1 unspecified atom stereocenters. The van der Waals surface area contributed by atoms with E-state index < -0.39 is 6.17 Å². The fourth-order valence-electron chi connectivity index (χ4n) is 1.64. The van der Waals surface area contributed by atoms with Crippen molar-refractivity contribution in [3.05, 3.63) is 23.3 Å². The second kappa shape index (κ2) is 8.26. The number of carbonyl (C=O) groups is 1. The van der Waals surface area contributed by atoms with E-state index >= 15 is 0 Å². The molecule has 0 aliphatic rings. The van der Waals surface area contributed by atoms with Gasteiger partial charge in [0.1, 0.15) is 0 Å². The predicted molar refractivity (Wildman–Crippen MR) is 67.2 cm³/mol. The third-order valence-electron chi connectivity index (χ3n) is 2.47. The fourth-order valence-corrected chi connectivity index (χ4v) is 1.64. The van der Waals surface area contributed by atoms with Crippen LogP contribution in [0.4, 0.5) is 4.39 Å². The first-order valence-electron chi connectivity index (χ1n) is 6.07. The molecule has 2 heteroatoms. The molecule has 0 N–H and O–H groups in total. The number of hydrogen-bond donors (Lipinski definition) is 0. The van der Waals surface area contributed by atoms with Crippen molar-refractivity contribution < 1.29 is 9.18 Å². The van der Waals surface area contributed by atoms with Gasteiger partial charge in [-0.2, -0.15) is 0 Å². The van der Waals surface area contributed by atoms with Gasteiger partial charge in [-0.1, -0.05) is 26.0 Å². The minimum Gasteiger partial charge on any atom is -0.295 e. The zero-order valence-corrected chi connectivity index (χ0v) is 10.8. The lowest BCUT2D eigenvalue weighted by atomic mass is 9.97. The highest BCUT2D eigenvalue weighted by molar-refractivity contribution is 5.97. The topological polar surface area (TPSA) is 17.1 Å². The lowest BCUT2D eigenvalue weighted by molar-refractivity contribution is -0.113. The maximum Gasteiger partial charge on any atom is 0.159 e. The van der Waals surface area contributed by atoms with Gasteiger partial charge in [-0.05, 0) is 45.1 Å². The van der Waals surface area contributed by atoms with Crippen LogP contribution in [-0.2, 0) is 4.79 Å². The molecule has 0 spiro atoms. The first-order chi connectivity index (χ1) is 7.52. The molecule has 0 aliphatic heterocycles. The molecule has 0 rings (SSSR count). The molecule has 0 aromatic heterocycles. The zero-order chi connectivity index (χ0) is 12.6. The van der Waals surface area contributed by atoms with Crippen LogP contribution in [0.2, 0.25) is 0 Å². The molecule has 1 atom stereocenters. The maximum atomic E-state index is 12.7. The number of Topliss-reactive ketones (excluding diaryl/α,β-unsaturated/α-hetero) is 1. The molecule has 1 nitrogen and oxygen atoms in total. The third-order valence-corrected chi connectivity index (χ3v) is 2.47. The maximum absolute atomic E-state index is 12.7. The SMILES string of the molecule is CCC=C(C(C)=O)C(=CCCC(C)F)CC. The molecule has 16 heavy (non-hydrogen) atoms. The fraction of sp³-hybridized carbons (Fsp3) is 0.643. The van der Waals surface area contributed by atoms with Gasteiger partial charge >= 0.3 is 0 Å². The van der Waals surface area contributed by atoms with Crippen LogP contribution in [0.5, 0.6) is 0 Å². The Hall–Kier alpha value is -0.920. The Morgan fingerprint density at radius 1 is 1.31 bits per heavy atom. The summed E-state index contributed by atoms with van der Waals surface area (Å²) in [5.74, 6) is 0.100. The highest BCUT2D eigenvalue weighted by atomic mass is 19.1. The van der Waals surface area contributed by atoms with Crippen LogP contribution in [0.25, 0.3) is 0 Å². The molecular formula is C14H23FO. The standard InChI is InChI=1S/C14H23FO/c1-5-8-14(12(4)16)13(6-2)10-7-9-11(3)15/h8,10-11H,5-7,9H2,1-4H3. The quantitative estimate of drug-likeness (QED) is 0.465. The summed E-state index contributed by atoms with van der Waals surface area (Å²) >= 11 is 0. The summed E-state index contributed by atoms with van der Waals surface area (Å²) in [5, 5.41) is 0. The second-order valence-electron chi connectivity index (χ2n) is 4.02. The van der Waals surface area contributed by atoms with E-state index in [1.54, 1.807) is 13.8 Å². The molecule has 0 radical (unpaired) electrons. The van der Waals surface area contributed by atoms with Crippen molar-refractivity contribution in [2.45, 2.75) is 59.5 Å². The van der Waals surface area contributed by atoms with Crippen molar-refractivity contribution in [3.63, 3.8) is 0 Å². The summed E-state index contributed by atoms with van der Waals surface area (Å²) < 4.78 is 12.7. The summed E-state index contributed by atoms with van der Waals surface area (Å²) in [4.78, 5) is 11.4. The molecule has 0 bridgehead atoms. The van der Waals surface area contributed by atoms with E-state index in [0.29, 0.717) is 12.8 Å². The normalized spacial score (nSPS) is 15.1. The Bertz CT molecular complexity index is 274. The number of hydrogen-bond acceptors (Lipinski definition) is 1. The molecule has 0 saturated carbocycles. The number of allylic oxidation sites excluding steroid dienone is 4. The van der Waals surface area contributed by atoms with E-state index in [-0.39, 0.29) is 5.78 Å². The largest absolute Gasteiger partial charge is 0.295 e. The highest BCUT2D eigenvalue weighted by Crippen LogP contribution is 2.17. The van der Waals surface area contributed by atoms with Gasteiger partial charge in [-0.3, -0.25) is 4.79 Å². The molecule has 0 amide bonds.